The van der Waals surface area contributed by atoms with E-state index < -0.39 is 51.1 Å². The van der Waals surface area contributed by atoms with Crippen molar-refractivity contribution in [2.75, 3.05) is 19.8 Å². The van der Waals surface area contributed by atoms with Gasteiger partial charge in [0.25, 0.3) is 0 Å². The Bertz CT molecular complexity index is 1270. The zero-order valence-electron chi connectivity index (χ0n) is 34.2. The molecule has 12 heteroatoms. The third kappa shape index (κ3) is 37.6. The number of phosphoric acid groups is 1. The second kappa shape index (κ2) is 38.5. The van der Waals surface area contributed by atoms with Gasteiger partial charge in [-0.3, -0.25) is 23.4 Å². The molecule has 0 radical (unpaired) electrons. The van der Waals surface area contributed by atoms with Crippen molar-refractivity contribution >= 4 is 25.7 Å². The molecule has 3 atom stereocenters. The molecule has 56 heavy (non-hydrogen) atoms. The molecule has 0 saturated heterocycles. The first-order chi connectivity index (χ1) is 27.1. The van der Waals surface area contributed by atoms with Crippen molar-refractivity contribution in [3.63, 3.8) is 0 Å². The molecular weight excluding hydrogens is 733 g/mol. The van der Waals surface area contributed by atoms with Gasteiger partial charge in [0, 0.05) is 12.8 Å². The molecule has 0 rings (SSSR count). The summed E-state index contributed by atoms with van der Waals surface area (Å²) in [5.74, 6) is -2.45. The summed E-state index contributed by atoms with van der Waals surface area (Å²) in [7, 11) is -4.73. The Balaban J connectivity index is 4.48. The highest BCUT2D eigenvalue weighted by atomic mass is 31.2. The van der Waals surface area contributed by atoms with Crippen molar-refractivity contribution in [2.45, 2.75) is 154 Å². The minimum Gasteiger partial charge on any atom is -0.480 e. The predicted octanol–water partition coefficient (Wildman–Crippen LogP) is 10.7. The predicted molar refractivity (Wildman–Crippen MR) is 226 cm³/mol. The maximum atomic E-state index is 12.6. The Morgan fingerprint density at radius 1 is 0.554 bits per heavy atom. The van der Waals surface area contributed by atoms with Crippen LogP contribution in [0.2, 0.25) is 0 Å². The lowest BCUT2D eigenvalue weighted by atomic mass is 10.1. The summed E-state index contributed by atoms with van der Waals surface area (Å²) in [6.45, 7) is 2.51. The van der Waals surface area contributed by atoms with Gasteiger partial charge < -0.3 is 25.2 Å². The summed E-state index contributed by atoms with van der Waals surface area (Å²) in [6, 6.07) is -1.53. The fourth-order valence-electron chi connectivity index (χ4n) is 4.95. The van der Waals surface area contributed by atoms with Gasteiger partial charge >= 0.3 is 25.7 Å². The second-order valence-corrected chi connectivity index (χ2v) is 14.8. The van der Waals surface area contributed by atoms with Crippen LogP contribution in [0, 0.1) is 0 Å². The van der Waals surface area contributed by atoms with E-state index in [2.05, 4.69) is 103 Å². The van der Waals surface area contributed by atoms with Gasteiger partial charge in [-0.1, -0.05) is 131 Å². The summed E-state index contributed by atoms with van der Waals surface area (Å²) in [5.41, 5.74) is 5.32. The zero-order valence-corrected chi connectivity index (χ0v) is 35.1. The minimum atomic E-state index is -4.73. The average molecular weight is 806 g/mol. The molecule has 4 N–H and O–H groups in total. The Kier molecular flexibility index (Phi) is 36.2. The largest absolute Gasteiger partial charge is 0.480 e. The van der Waals surface area contributed by atoms with E-state index in [4.69, 9.17) is 24.8 Å². The van der Waals surface area contributed by atoms with Crippen LogP contribution >= 0.6 is 7.82 Å². The molecule has 0 aromatic rings. The number of carbonyl (C=O) groups excluding carboxylic acids is 2. The molecule has 0 amide bonds. The first kappa shape index (κ1) is 52.7. The van der Waals surface area contributed by atoms with Crippen molar-refractivity contribution in [3.05, 3.63) is 85.1 Å². The number of hydrogen-bond acceptors (Lipinski definition) is 9. The maximum Gasteiger partial charge on any atom is 0.472 e. The van der Waals surface area contributed by atoms with Gasteiger partial charge in [-0.05, 0) is 83.5 Å². The van der Waals surface area contributed by atoms with E-state index in [1.54, 1.807) is 0 Å². The third-order valence-corrected chi connectivity index (χ3v) is 9.09. The first-order valence-corrected chi connectivity index (χ1v) is 22.1. The number of nitrogens with two attached hydrogens (primary N) is 1. The van der Waals surface area contributed by atoms with E-state index in [9.17, 15) is 23.8 Å². The fraction of sp³-hybridized carbons (Fsp3) is 0.614. The lowest BCUT2D eigenvalue weighted by Crippen LogP contribution is -2.34. The fourth-order valence-corrected chi connectivity index (χ4v) is 5.73. The normalized spacial score (nSPS) is 14.6. The molecule has 1 unspecified atom stereocenters. The van der Waals surface area contributed by atoms with E-state index in [1.807, 2.05) is 0 Å². The lowest BCUT2D eigenvalue weighted by Gasteiger charge is -2.20. The number of hydrogen-bond donors (Lipinski definition) is 3. The second-order valence-electron chi connectivity index (χ2n) is 13.4. The van der Waals surface area contributed by atoms with Crippen LogP contribution in [0.15, 0.2) is 85.1 Å². The summed E-state index contributed by atoms with van der Waals surface area (Å²) < 4.78 is 32.6. The molecule has 0 spiro atoms. The number of unbranched alkanes of at least 4 members (excludes halogenated alkanes) is 9. The molecule has 0 heterocycles. The Hall–Kier alpha value is -3.34. The topological polar surface area (TPSA) is 172 Å². The van der Waals surface area contributed by atoms with Gasteiger partial charge in [0.15, 0.2) is 6.10 Å². The molecule has 0 aliphatic rings. The molecule has 0 aliphatic carbocycles. The van der Waals surface area contributed by atoms with E-state index in [-0.39, 0.29) is 19.4 Å². The van der Waals surface area contributed by atoms with Gasteiger partial charge in [-0.25, -0.2) is 4.57 Å². The summed E-state index contributed by atoms with van der Waals surface area (Å²) in [4.78, 5) is 45.9. The van der Waals surface area contributed by atoms with Crippen LogP contribution < -0.4 is 5.73 Å². The number of allylic oxidation sites excluding steroid dienone is 14. The number of aliphatic carboxylic acids is 1. The minimum absolute atomic E-state index is 0.131. The van der Waals surface area contributed by atoms with E-state index >= 15 is 0 Å². The Morgan fingerprint density at radius 3 is 1.41 bits per heavy atom. The molecule has 0 saturated carbocycles. The third-order valence-electron chi connectivity index (χ3n) is 8.14. The highest BCUT2D eigenvalue weighted by molar-refractivity contribution is 7.47. The molecule has 0 aromatic heterocycles. The molecule has 0 bridgehead atoms. The SMILES string of the molecule is CC/C=C\C/C=C\C/C=C\C/C=C\CCCCCCC(=O)OC[C@H](COP(=O)(O)OC[C@H](N)C(=O)O)OC(=O)CCCCCCC/C=C\C/C=C\C/C=C\CC. The van der Waals surface area contributed by atoms with E-state index in [0.717, 1.165) is 103 Å². The summed E-state index contributed by atoms with van der Waals surface area (Å²) >= 11 is 0. The number of rotatable bonds is 37. The number of phosphoric ester groups is 1. The molecule has 0 aliphatic heterocycles. The summed E-state index contributed by atoms with van der Waals surface area (Å²) in [5, 5.41) is 8.88. The smallest absolute Gasteiger partial charge is 0.472 e. The van der Waals surface area contributed by atoms with Crippen molar-refractivity contribution in [3.8, 4) is 0 Å². The standard InChI is InChI=1S/C44H72NO10P/c1-3-5-7-9-11-13-15-17-19-20-22-23-25-27-29-31-33-35-42(46)52-37-40(38-53-56(50,51)54-39-41(45)44(48)49)55-43(47)36-34-32-30-28-26-24-21-18-16-14-12-10-8-6-4-2/h5-8,11-14,17-19,21-23,40-41H,3-4,9-10,15-16,20,24-39,45H2,1-2H3,(H,48,49)(H,50,51)/b7-5-,8-6-,13-11-,14-12-,19-17-,21-18-,23-22-/t40-,41+/m1/s1. The Morgan fingerprint density at radius 2 is 0.946 bits per heavy atom. The number of carbonyl (C=O) groups is 3. The molecule has 318 valence electrons. The van der Waals surface area contributed by atoms with Crippen LogP contribution in [0.3, 0.4) is 0 Å². The summed E-state index contributed by atoms with van der Waals surface area (Å²) in [6.07, 6.45) is 46.5. The van der Waals surface area contributed by atoms with Gasteiger partial charge in [-0.15, -0.1) is 0 Å². The Labute approximate surface area is 337 Å². The number of ether oxygens (including phenoxy) is 2. The molecular formula is C44H72NO10P. The van der Waals surface area contributed by atoms with Crippen LogP contribution in [0.25, 0.3) is 0 Å². The first-order valence-electron chi connectivity index (χ1n) is 20.6. The van der Waals surface area contributed by atoms with Gasteiger partial charge in [0.1, 0.15) is 12.6 Å². The van der Waals surface area contributed by atoms with Crippen LogP contribution in [0.5, 0.6) is 0 Å². The van der Waals surface area contributed by atoms with Crippen molar-refractivity contribution in [1.29, 1.82) is 0 Å². The molecule has 0 fully saturated rings. The maximum absolute atomic E-state index is 12.6. The van der Waals surface area contributed by atoms with Gasteiger partial charge in [0.05, 0.1) is 13.2 Å². The van der Waals surface area contributed by atoms with Gasteiger partial charge in [0.2, 0.25) is 0 Å². The van der Waals surface area contributed by atoms with Crippen LogP contribution in [-0.4, -0.2) is 59.9 Å². The van der Waals surface area contributed by atoms with Crippen LogP contribution in [0.1, 0.15) is 142 Å². The highest BCUT2D eigenvalue weighted by Gasteiger charge is 2.28. The van der Waals surface area contributed by atoms with Crippen molar-refractivity contribution in [1.82, 2.24) is 0 Å². The average Bonchev–Trinajstić information content (AvgIpc) is 3.17. The number of carboxylic acid groups (broad SMARTS) is 1. The van der Waals surface area contributed by atoms with E-state index in [1.165, 1.54) is 0 Å². The number of carboxylic acids is 1. The van der Waals surface area contributed by atoms with Crippen molar-refractivity contribution < 1.29 is 47.5 Å². The van der Waals surface area contributed by atoms with Crippen LogP contribution in [0.4, 0.5) is 0 Å². The van der Waals surface area contributed by atoms with E-state index in [0.29, 0.717) is 12.8 Å². The van der Waals surface area contributed by atoms with Gasteiger partial charge in [-0.2, -0.15) is 0 Å². The van der Waals surface area contributed by atoms with Crippen molar-refractivity contribution in [2.24, 2.45) is 5.73 Å². The molecule has 11 nitrogen and oxygen atoms in total. The zero-order chi connectivity index (χ0) is 41.4. The lowest BCUT2D eigenvalue weighted by molar-refractivity contribution is -0.161. The quantitative estimate of drug-likeness (QED) is 0.0236. The van der Waals surface area contributed by atoms with Crippen LogP contribution in [-0.2, 0) is 37.5 Å². The number of esters is 2. The highest BCUT2D eigenvalue weighted by Crippen LogP contribution is 2.43. The molecule has 0 aromatic carbocycles. The monoisotopic (exact) mass is 805 g/mol.